The topological polar surface area (TPSA) is 55.3 Å². The molecule has 0 spiro atoms. The predicted octanol–water partition coefficient (Wildman–Crippen LogP) is 2.64. The number of hydrogen-bond acceptors (Lipinski definition) is 4. The van der Waals surface area contributed by atoms with Crippen LogP contribution < -0.4 is 0 Å². The molecule has 1 aliphatic rings. The number of ether oxygens (including phenoxy) is 1. The van der Waals surface area contributed by atoms with E-state index in [9.17, 15) is 4.79 Å². The Morgan fingerprint density at radius 3 is 2.74 bits per heavy atom. The van der Waals surface area contributed by atoms with Crippen LogP contribution in [0.5, 0.6) is 0 Å². The molecular weight excluding hydrogens is 290 g/mol. The van der Waals surface area contributed by atoms with Gasteiger partial charge in [-0.1, -0.05) is 12.1 Å². The van der Waals surface area contributed by atoms with E-state index in [1.54, 1.807) is 19.5 Å². The molecule has 1 heterocycles. The van der Waals surface area contributed by atoms with Crippen molar-refractivity contribution < 1.29 is 9.53 Å². The molecule has 0 saturated heterocycles. The molecule has 1 aromatic heterocycles. The minimum absolute atomic E-state index is 0.0626. The number of carbonyl (C=O) groups excluding carboxylic acids is 1. The van der Waals surface area contributed by atoms with Crippen LogP contribution in [-0.2, 0) is 4.74 Å². The highest BCUT2D eigenvalue weighted by Crippen LogP contribution is 2.30. The Balaban J connectivity index is 1.79. The number of amides is 1. The Kier molecular flexibility index (Phi) is 4.98. The molecule has 1 saturated carbocycles. The molecule has 120 valence electrons. The second-order valence-electron chi connectivity index (χ2n) is 5.90. The van der Waals surface area contributed by atoms with E-state index in [-0.39, 0.29) is 5.91 Å². The van der Waals surface area contributed by atoms with Gasteiger partial charge in [-0.3, -0.25) is 4.79 Å². The van der Waals surface area contributed by atoms with Crippen molar-refractivity contribution in [3.63, 3.8) is 0 Å². The number of rotatable bonds is 7. The molecule has 5 nitrogen and oxygen atoms in total. The first kappa shape index (κ1) is 15.6. The molecule has 1 aliphatic carbocycles. The number of nitrogens with zero attached hydrogens (tertiary/aromatic N) is 3. The molecule has 2 aromatic rings. The molecule has 1 amide bonds. The lowest BCUT2D eigenvalue weighted by Crippen LogP contribution is -2.35. The minimum Gasteiger partial charge on any atom is -0.383 e. The SMILES string of the molecule is COCCN(CC1CC1)C(=O)c1cccc(-c2cncnc2)c1. The van der Waals surface area contributed by atoms with Gasteiger partial charge in [-0.05, 0) is 36.5 Å². The molecular formula is C18H21N3O2. The summed E-state index contributed by atoms with van der Waals surface area (Å²) < 4.78 is 5.14. The zero-order chi connectivity index (χ0) is 16.1. The fourth-order valence-corrected chi connectivity index (χ4v) is 2.55. The Bertz CT molecular complexity index is 656. The van der Waals surface area contributed by atoms with Crippen LogP contribution in [0.15, 0.2) is 43.0 Å². The summed E-state index contributed by atoms with van der Waals surface area (Å²) in [5.74, 6) is 0.717. The second-order valence-corrected chi connectivity index (χ2v) is 5.90. The van der Waals surface area contributed by atoms with Gasteiger partial charge >= 0.3 is 0 Å². The third-order valence-corrected chi connectivity index (χ3v) is 4.03. The summed E-state index contributed by atoms with van der Waals surface area (Å²) in [6, 6.07) is 7.65. The van der Waals surface area contributed by atoms with Crippen molar-refractivity contribution in [2.24, 2.45) is 5.92 Å². The zero-order valence-corrected chi connectivity index (χ0v) is 13.3. The number of benzene rings is 1. The first-order valence-electron chi connectivity index (χ1n) is 7.91. The van der Waals surface area contributed by atoms with Crippen LogP contribution >= 0.6 is 0 Å². The van der Waals surface area contributed by atoms with Crippen molar-refractivity contribution >= 4 is 5.91 Å². The largest absolute Gasteiger partial charge is 0.383 e. The maximum Gasteiger partial charge on any atom is 0.253 e. The van der Waals surface area contributed by atoms with E-state index in [1.165, 1.54) is 19.2 Å². The third kappa shape index (κ3) is 4.13. The molecule has 3 rings (SSSR count). The van der Waals surface area contributed by atoms with Crippen molar-refractivity contribution in [2.75, 3.05) is 26.8 Å². The smallest absolute Gasteiger partial charge is 0.253 e. The van der Waals surface area contributed by atoms with E-state index in [0.29, 0.717) is 24.6 Å². The lowest BCUT2D eigenvalue weighted by atomic mass is 10.0. The fraction of sp³-hybridized carbons (Fsp3) is 0.389. The summed E-state index contributed by atoms with van der Waals surface area (Å²) >= 11 is 0. The van der Waals surface area contributed by atoms with Gasteiger partial charge in [0.1, 0.15) is 6.33 Å². The molecule has 0 bridgehead atoms. The average molecular weight is 311 g/mol. The zero-order valence-electron chi connectivity index (χ0n) is 13.3. The molecule has 23 heavy (non-hydrogen) atoms. The van der Waals surface area contributed by atoms with E-state index in [0.717, 1.165) is 17.7 Å². The summed E-state index contributed by atoms with van der Waals surface area (Å²) in [5, 5.41) is 0. The molecule has 0 radical (unpaired) electrons. The van der Waals surface area contributed by atoms with Gasteiger partial charge in [0.2, 0.25) is 0 Å². The molecule has 1 aromatic carbocycles. The Labute approximate surface area is 136 Å². The highest BCUT2D eigenvalue weighted by atomic mass is 16.5. The first-order chi connectivity index (χ1) is 11.3. The summed E-state index contributed by atoms with van der Waals surface area (Å²) in [6.45, 7) is 2.01. The van der Waals surface area contributed by atoms with Crippen LogP contribution in [0.4, 0.5) is 0 Å². The van der Waals surface area contributed by atoms with Gasteiger partial charge in [-0.15, -0.1) is 0 Å². The molecule has 1 fully saturated rings. The Hall–Kier alpha value is -2.27. The minimum atomic E-state index is 0.0626. The van der Waals surface area contributed by atoms with Crippen LogP contribution in [0.1, 0.15) is 23.2 Å². The standard InChI is InChI=1S/C18H21N3O2/c1-23-8-7-21(12-14-5-6-14)18(22)16-4-2-3-15(9-16)17-10-19-13-20-11-17/h2-4,9-11,13-14H,5-8,12H2,1H3. The van der Waals surface area contributed by atoms with Crippen molar-refractivity contribution in [3.05, 3.63) is 48.5 Å². The average Bonchev–Trinajstić information content (AvgIpc) is 3.43. The number of aromatic nitrogens is 2. The second kappa shape index (κ2) is 7.33. The van der Waals surface area contributed by atoms with Crippen LogP contribution in [0.25, 0.3) is 11.1 Å². The quantitative estimate of drug-likeness (QED) is 0.789. The molecule has 5 heteroatoms. The van der Waals surface area contributed by atoms with E-state index < -0.39 is 0 Å². The van der Waals surface area contributed by atoms with Crippen molar-refractivity contribution in [1.29, 1.82) is 0 Å². The van der Waals surface area contributed by atoms with Crippen LogP contribution in [-0.4, -0.2) is 47.6 Å². The maximum absolute atomic E-state index is 12.8. The van der Waals surface area contributed by atoms with Gasteiger partial charge < -0.3 is 9.64 Å². The number of hydrogen-bond donors (Lipinski definition) is 0. The summed E-state index contributed by atoms with van der Waals surface area (Å²) in [5.41, 5.74) is 2.56. The van der Waals surface area contributed by atoms with E-state index in [2.05, 4.69) is 9.97 Å². The number of carbonyl (C=O) groups is 1. The van der Waals surface area contributed by atoms with Gasteiger partial charge in [-0.2, -0.15) is 0 Å². The first-order valence-corrected chi connectivity index (χ1v) is 7.91. The third-order valence-electron chi connectivity index (χ3n) is 4.03. The Morgan fingerprint density at radius 2 is 2.04 bits per heavy atom. The van der Waals surface area contributed by atoms with E-state index in [1.807, 2.05) is 29.2 Å². The van der Waals surface area contributed by atoms with E-state index >= 15 is 0 Å². The molecule has 0 N–H and O–H groups in total. The maximum atomic E-state index is 12.8. The monoisotopic (exact) mass is 311 g/mol. The van der Waals surface area contributed by atoms with E-state index in [4.69, 9.17) is 4.74 Å². The normalized spacial score (nSPS) is 13.8. The lowest BCUT2D eigenvalue weighted by Gasteiger charge is -2.22. The van der Waals surface area contributed by atoms with Crippen molar-refractivity contribution in [3.8, 4) is 11.1 Å². The summed E-state index contributed by atoms with van der Waals surface area (Å²) in [6.07, 6.45) is 7.45. The summed E-state index contributed by atoms with van der Waals surface area (Å²) in [7, 11) is 1.66. The van der Waals surface area contributed by atoms with Gasteiger partial charge in [0.15, 0.2) is 0 Å². The summed E-state index contributed by atoms with van der Waals surface area (Å²) in [4.78, 5) is 22.8. The highest BCUT2D eigenvalue weighted by molar-refractivity contribution is 5.95. The van der Waals surface area contributed by atoms with Crippen LogP contribution in [0.2, 0.25) is 0 Å². The van der Waals surface area contributed by atoms with Gasteiger partial charge in [0.05, 0.1) is 6.61 Å². The highest BCUT2D eigenvalue weighted by Gasteiger charge is 2.27. The van der Waals surface area contributed by atoms with Crippen LogP contribution in [0, 0.1) is 5.92 Å². The predicted molar refractivity (Wildman–Crippen MR) is 88.0 cm³/mol. The van der Waals surface area contributed by atoms with Gasteiger partial charge in [-0.25, -0.2) is 9.97 Å². The van der Waals surface area contributed by atoms with Crippen molar-refractivity contribution in [2.45, 2.75) is 12.8 Å². The lowest BCUT2D eigenvalue weighted by molar-refractivity contribution is 0.0686. The molecule has 0 atom stereocenters. The van der Waals surface area contributed by atoms with Crippen molar-refractivity contribution in [1.82, 2.24) is 14.9 Å². The molecule has 0 unspecified atom stereocenters. The van der Waals surface area contributed by atoms with Crippen LogP contribution in [0.3, 0.4) is 0 Å². The van der Waals surface area contributed by atoms with Gasteiger partial charge in [0, 0.05) is 43.7 Å². The van der Waals surface area contributed by atoms with Gasteiger partial charge in [0.25, 0.3) is 5.91 Å². The molecule has 0 aliphatic heterocycles. The number of methoxy groups -OCH3 is 1. The Morgan fingerprint density at radius 1 is 1.26 bits per heavy atom. The fourth-order valence-electron chi connectivity index (χ4n) is 2.55.